The van der Waals surface area contributed by atoms with E-state index < -0.39 is 0 Å². The van der Waals surface area contributed by atoms with Crippen LogP contribution >= 0.6 is 11.3 Å². The molecule has 0 aliphatic rings. The van der Waals surface area contributed by atoms with Gasteiger partial charge in [0, 0.05) is 10.8 Å². The number of thiazole rings is 1. The molecule has 0 radical (unpaired) electrons. The Bertz CT molecular complexity index is 716. The summed E-state index contributed by atoms with van der Waals surface area (Å²) in [4.78, 5) is 16.4. The summed E-state index contributed by atoms with van der Waals surface area (Å²) in [6, 6.07) is 5.48. The first-order valence-corrected chi connectivity index (χ1v) is 6.27. The van der Waals surface area contributed by atoms with Crippen LogP contribution in [0.4, 0.5) is 5.13 Å². The number of anilines is 1. The molecule has 1 amide bonds. The van der Waals surface area contributed by atoms with Crippen LogP contribution in [0.25, 0.3) is 10.9 Å². The van der Waals surface area contributed by atoms with Gasteiger partial charge in [-0.2, -0.15) is 5.10 Å². The van der Waals surface area contributed by atoms with Gasteiger partial charge in [-0.25, -0.2) is 4.98 Å². The molecular formula is C12H10N4OS. The van der Waals surface area contributed by atoms with Crippen LogP contribution in [0.3, 0.4) is 0 Å². The maximum absolute atomic E-state index is 12.1. The number of fused-ring (bicyclic) bond motifs is 1. The molecule has 1 aromatic carbocycles. The Kier molecular flexibility index (Phi) is 2.56. The molecule has 3 aromatic rings. The predicted molar refractivity (Wildman–Crippen MR) is 70.9 cm³/mol. The molecule has 5 nitrogen and oxygen atoms in total. The number of H-pyrrole nitrogens is 1. The number of amides is 1. The zero-order chi connectivity index (χ0) is 12.5. The topological polar surface area (TPSA) is 70.7 Å². The minimum atomic E-state index is -0.170. The van der Waals surface area contributed by atoms with Crippen molar-refractivity contribution in [2.45, 2.75) is 6.92 Å². The summed E-state index contributed by atoms with van der Waals surface area (Å²) in [5.41, 5.74) is 2.34. The Labute approximate surface area is 107 Å². The Morgan fingerprint density at radius 2 is 2.33 bits per heavy atom. The second-order valence-electron chi connectivity index (χ2n) is 3.88. The van der Waals surface area contributed by atoms with Gasteiger partial charge < -0.3 is 0 Å². The maximum atomic E-state index is 12.1. The van der Waals surface area contributed by atoms with Crippen LogP contribution in [-0.2, 0) is 0 Å². The van der Waals surface area contributed by atoms with Gasteiger partial charge in [0.05, 0.1) is 23.0 Å². The van der Waals surface area contributed by atoms with Gasteiger partial charge in [0.2, 0.25) is 0 Å². The number of carbonyl (C=O) groups is 1. The molecule has 3 rings (SSSR count). The van der Waals surface area contributed by atoms with Crippen LogP contribution in [0.1, 0.15) is 16.1 Å². The zero-order valence-electron chi connectivity index (χ0n) is 9.60. The van der Waals surface area contributed by atoms with E-state index in [-0.39, 0.29) is 5.91 Å². The number of aromatic nitrogens is 3. The van der Waals surface area contributed by atoms with Crippen LogP contribution in [-0.4, -0.2) is 21.1 Å². The first-order chi connectivity index (χ1) is 8.74. The molecule has 0 bridgehead atoms. The predicted octanol–water partition coefficient (Wildman–Crippen LogP) is 2.58. The van der Waals surface area contributed by atoms with Crippen LogP contribution in [0.5, 0.6) is 0 Å². The Hall–Kier alpha value is -2.21. The SMILES string of the molecule is Cc1csc(NC(=O)c2cccc3[nH]ncc23)n1. The summed E-state index contributed by atoms with van der Waals surface area (Å²) >= 11 is 1.41. The highest BCUT2D eigenvalue weighted by molar-refractivity contribution is 7.13. The van der Waals surface area contributed by atoms with E-state index in [2.05, 4.69) is 20.5 Å². The molecule has 90 valence electrons. The molecule has 2 aromatic heterocycles. The van der Waals surface area contributed by atoms with Crippen molar-refractivity contribution in [2.24, 2.45) is 0 Å². The van der Waals surface area contributed by atoms with E-state index in [1.54, 1.807) is 12.3 Å². The Morgan fingerprint density at radius 1 is 1.44 bits per heavy atom. The number of aromatic amines is 1. The number of benzene rings is 1. The lowest BCUT2D eigenvalue weighted by Crippen LogP contribution is -2.11. The first-order valence-electron chi connectivity index (χ1n) is 5.39. The summed E-state index contributed by atoms with van der Waals surface area (Å²) in [6.07, 6.45) is 1.65. The Morgan fingerprint density at radius 3 is 3.11 bits per heavy atom. The Balaban J connectivity index is 1.94. The van der Waals surface area contributed by atoms with Gasteiger partial charge in [-0.05, 0) is 19.1 Å². The van der Waals surface area contributed by atoms with Gasteiger partial charge in [-0.3, -0.25) is 15.2 Å². The number of hydrogen-bond donors (Lipinski definition) is 2. The number of nitrogens with one attached hydrogen (secondary N) is 2. The third-order valence-corrected chi connectivity index (χ3v) is 3.44. The fraction of sp³-hybridized carbons (Fsp3) is 0.0833. The van der Waals surface area contributed by atoms with Crippen molar-refractivity contribution in [3.8, 4) is 0 Å². The van der Waals surface area contributed by atoms with Crippen LogP contribution in [0, 0.1) is 6.92 Å². The molecule has 0 saturated carbocycles. The lowest BCUT2D eigenvalue weighted by molar-refractivity contribution is 0.102. The van der Waals surface area contributed by atoms with Gasteiger partial charge >= 0.3 is 0 Å². The third-order valence-electron chi connectivity index (χ3n) is 2.57. The summed E-state index contributed by atoms with van der Waals surface area (Å²) in [5, 5.41) is 12.9. The van der Waals surface area contributed by atoms with Crippen molar-refractivity contribution in [1.29, 1.82) is 0 Å². The second kappa shape index (κ2) is 4.23. The van der Waals surface area contributed by atoms with Crippen LogP contribution < -0.4 is 5.32 Å². The average molecular weight is 258 g/mol. The lowest BCUT2D eigenvalue weighted by atomic mass is 10.1. The van der Waals surface area contributed by atoms with Crippen LogP contribution in [0.2, 0.25) is 0 Å². The zero-order valence-corrected chi connectivity index (χ0v) is 10.4. The van der Waals surface area contributed by atoms with Gasteiger partial charge in [0.15, 0.2) is 5.13 Å². The number of hydrogen-bond acceptors (Lipinski definition) is 4. The maximum Gasteiger partial charge on any atom is 0.258 e. The fourth-order valence-electron chi connectivity index (χ4n) is 1.74. The van der Waals surface area contributed by atoms with E-state index in [0.29, 0.717) is 10.7 Å². The summed E-state index contributed by atoms with van der Waals surface area (Å²) < 4.78 is 0. The summed E-state index contributed by atoms with van der Waals surface area (Å²) in [5.74, 6) is -0.170. The second-order valence-corrected chi connectivity index (χ2v) is 4.74. The number of carbonyl (C=O) groups excluding carboxylic acids is 1. The van der Waals surface area contributed by atoms with Gasteiger partial charge in [0.1, 0.15) is 0 Å². The van der Waals surface area contributed by atoms with Crippen molar-refractivity contribution in [2.75, 3.05) is 5.32 Å². The van der Waals surface area contributed by atoms with E-state index in [4.69, 9.17) is 0 Å². The smallest absolute Gasteiger partial charge is 0.258 e. The standard InChI is InChI=1S/C12H10N4OS/c1-7-6-18-12(14-7)15-11(17)8-3-2-4-10-9(8)5-13-16-10/h2-6H,1H3,(H,13,16)(H,14,15,17). The fourth-order valence-corrected chi connectivity index (χ4v) is 2.43. The molecule has 0 unspecified atom stereocenters. The molecule has 0 aliphatic heterocycles. The number of nitrogens with zero attached hydrogens (tertiary/aromatic N) is 2. The van der Waals surface area contributed by atoms with Crippen molar-refractivity contribution in [1.82, 2.24) is 15.2 Å². The third kappa shape index (κ3) is 1.86. The minimum Gasteiger partial charge on any atom is -0.298 e. The molecular weight excluding hydrogens is 248 g/mol. The van der Waals surface area contributed by atoms with Gasteiger partial charge in [0.25, 0.3) is 5.91 Å². The van der Waals surface area contributed by atoms with E-state index >= 15 is 0 Å². The monoisotopic (exact) mass is 258 g/mol. The van der Waals surface area contributed by atoms with Crippen molar-refractivity contribution < 1.29 is 4.79 Å². The average Bonchev–Trinajstić information content (AvgIpc) is 2.97. The van der Waals surface area contributed by atoms with Gasteiger partial charge in [-0.15, -0.1) is 11.3 Å². The lowest BCUT2D eigenvalue weighted by Gasteiger charge is -2.02. The van der Waals surface area contributed by atoms with E-state index in [9.17, 15) is 4.79 Å². The van der Waals surface area contributed by atoms with Crippen molar-refractivity contribution >= 4 is 33.3 Å². The minimum absolute atomic E-state index is 0.170. The van der Waals surface area contributed by atoms with Crippen molar-refractivity contribution in [3.05, 3.63) is 41.0 Å². The van der Waals surface area contributed by atoms with Gasteiger partial charge in [-0.1, -0.05) is 6.07 Å². The molecule has 0 spiro atoms. The largest absolute Gasteiger partial charge is 0.298 e. The summed E-state index contributed by atoms with van der Waals surface area (Å²) in [7, 11) is 0. The highest BCUT2D eigenvalue weighted by Gasteiger charge is 2.12. The molecule has 0 atom stereocenters. The quantitative estimate of drug-likeness (QED) is 0.742. The first kappa shape index (κ1) is 10.9. The molecule has 18 heavy (non-hydrogen) atoms. The molecule has 0 fully saturated rings. The van der Waals surface area contributed by atoms with Crippen LogP contribution in [0.15, 0.2) is 29.8 Å². The number of aryl methyl sites for hydroxylation is 1. The molecule has 0 saturated heterocycles. The molecule has 2 heterocycles. The highest BCUT2D eigenvalue weighted by atomic mass is 32.1. The normalized spacial score (nSPS) is 10.7. The number of rotatable bonds is 2. The molecule has 2 N–H and O–H groups in total. The molecule has 0 aliphatic carbocycles. The van der Waals surface area contributed by atoms with E-state index in [0.717, 1.165) is 16.6 Å². The highest BCUT2D eigenvalue weighted by Crippen LogP contribution is 2.19. The van der Waals surface area contributed by atoms with E-state index in [1.807, 2.05) is 24.4 Å². The molecule has 6 heteroatoms. The van der Waals surface area contributed by atoms with Crippen molar-refractivity contribution in [3.63, 3.8) is 0 Å². The van der Waals surface area contributed by atoms with E-state index in [1.165, 1.54) is 11.3 Å². The summed E-state index contributed by atoms with van der Waals surface area (Å²) in [6.45, 7) is 1.89.